The molecule has 0 saturated carbocycles. The first kappa shape index (κ1) is 17.9. The molecule has 0 atom stereocenters. The van der Waals surface area contributed by atoms with E-state index in [-0.39, 0.29) is 0 Å². The Morgan fingerprint density at radius 2 is 1.71 bits per heavy atom. The lowest BCUT2D eigenvalue weighted by molar-refractivity contribution is 0.482. The molecule has 138 valence electrons. The van der Waals surface area contributed by atoms with Crippen molar-refractivity contribution in [3.05, 3.63) is 94.8 Å². The number of aromatic amines is 1. The largest absolute Gasteiger partial charge is 0.457 e. The van der Waals surface area contributed by atoms with E-state index in [0.717, 1.165) is 22.6 Å². The molecule has 0 aliphatic carbocycles. The van der Waals surface area contributed by atoms with Gasteiger partial charge in [-0.3, -0.25) is 0 Å². The molecule has 4 aromatic rings. The summed E-state index contributed by atoms with van der Waals surface area (Å²) in [4.78, 5) is 0. The third-order valence-electron chi connectivity index (χ3n) is 4.12. The van der Waals surface area contributed by atoms with E-state index in [1.54, 1.807) is 10.9 Å². The van der Waals surface area contributed by atoms with Gasteiger partial charge in [-0.2, -0.15) is 14.9 Å². The zero-order valence-electron chi connectivity index (χ0n) is 15.2. The van der Waals surface area contributed by atoms with E-state index in [9.17, 15) is 0 Å². The molecule has 0 unspecified atom stereocenters. The standard InChI is InChI=1S/C22H18N4OS/c1-16-10-12-18(13-11-16)21-24-25-22(28)26(21)23-15-17-6-5-9-20(14-17)27-19-7-3-2-4-8-19/h2-15H,1H3,(H,25,28). The zero-order valence-corrected chi connectivity index (χ0v) is 16.1. The van der Waals surface area contributed by atoms with Gasteiger partial charge in [-0.1, -0.05) is 60.2 Å². The molecular weight excluding hydrogens is 368 g/mol. The number of rotatable bonds is 5. The van der Waals surface area contributed by atoms with E-state index in [1.165, 1.54) is 5.56 Å². The van der Waals surface area contributed by atoms with Crippen LogP contribution in [0.25, 0.3) is 11.4 Å². The van der Waals surface area contributed by atoms with Gasteiger partial charge in [-0.25, -0.2) is 5.10 Å². The number of ether oxygens (including phenoxy) is 1. The SMILES string of the molecule is Cc1ccc(-c2n[nH]c(=S)n2N=Cc2cccc(Oc3ccccc3)c2)cc1. The lowest BCUT2D eigenvalue weighted by Crippen LogP contribution is -1.95. The van der Waals surface area contributed by atoms with E-state index < -0.39 is 0 Å². The number of para-hydroxylation sites is 1. The van der Waals surface area contributed by atoms with Gasteiger partial charge in [0.15, 0.2) is 5.82 Å². The number of aryl methyl sites for hydroxylation is 1. The number of H-pyrrole nitrogens is 1. The quantitative estimate of drug-likeness (QED) is 0.359. The molecular formula is C22H18N4OS. The molecule has 0 radical (unpaired) electrons. The van der Waals surface area contributed by atoms with Crippen molar-refractivity contribution in [2.24, 2.45) is 5.10 Å². The Labute approximate surface area is 167 Å². The van der Waals surface area contributed by atoms with Gasteiger partial charge in [-0.05, 0) is 49.0 Å². The normalized spacial score (nSPS) is 11.0. The first-order valence-electron chi connectivity index (χ1n) is 8.81. The Morgan fingerprint density at radius 3 is 2.50 bits per heavy atom. The first-order valence-corrected chi connectivity index (χ1v) is 9.22. The summed E-state index contributed by atoms with van der Waals surface area (Å²) in [6.07, 6.45) is 1.74. The van der Waals surface area contributed by atoms with E-state index in [0.29, 0.717) is 10.6 Å². The van der Waals surface area contributed by atoms with Crippen LogP contribution in [-0.2, 0) is 0 Å². The monoisotopic (exact) mass is 386 g/mol. The van der Waals surface area contributed by atoms with Crippen LogP contribution in [0.1, 0.15) is 11.1 Å². The third-order valence-corrected chi connectivity index (χ3v) is 4.38. The summed E-state index contributed by atoms with van der Waals surface area (Å²) in [5.41, 5.74) is 3.02. The average molecular weight is 386 g/mol. The van der Waals surface area contributed by atoms with Crippen molar-refractivity contribution in [1.29, 1.82) is 0 Å². The number of hydrogen-bond acceptors (Lipinski definition) is 4. The molecule has 3 aromatic carbocycles. The van der Waals surface area contributed by atoms with Crippen LogP contribution < -0.4 is 4.74 Å². The summed E-state index contributed by atoms with van der Waals surface area (Å²) < 4.78 is 7.93. The molecule has 6 heteroatoms. The lowest BCUT2D eigenvalue weighted by Gasteiger charge is -2.06. The molecule has 0 saturated heterocycles. The van der Waals surface area contributed by atoms with Crippen LogP contribution in [0.2, 0.25) is 0 Å². The van der Waals surface area contributed by atoms with Gasteiger partial charge >= 0.3 is 0 Å². The molecule has 0 fully saturated rings. The maximum absolute atomic E-state index is 5.88. The minimum Gasteiger partial charge on any atom is -0.457 e. The van der Waals surface area contributed by atoms with Crippen LogP contribution in [0.4, 0.5) is 0 Å². The van der Waals surface area contributed by atoms with Crippen molar-refractivity contribution in [2.75, 3.05) is 0 Å². The second-order valence-electron chi connectivity index (χ2n) is 6.26. The van der Waals surface area contributed by atoms with Crippen molar-refractivity contribution in [2.45, 2.75) is 6.92 Å². The fourth-order valence-corrected chi connectivity index (χ4v) is 2.87. The van der Waals surface area contributed by atoms with E-state index in [4.69, 9.17) is 17.0 Å². The van der Waals surface area contributed by atoms with Crippen LogP contribution in [0.5, 0.6) is 11.5 Å². The number of benzene rings is 3. The Kier molecular flexibility index (Phi) is 5.12. The van der Waals surface area contributed by atoms with Gasteiger partial charge in [0.05, 0.1) is 6.21 Å². The second kappa shape index (κ2) is 8.02. The molecule has 0 aliphatic heterocycles. The molecule has 5 nitrogen and oxygen atoms in total. The Balaban J connectivity index is 1.60. The van der Waals surface area contributed by atoms with Crippen molar-refractivity contribution < 1.29 is 4.74 Å². The lowest BCUT2D eigenvalue weighted by atomic mass is 10.1. The second-order valence-corrected chi connectivity index (χ2v) is 6.65. The molecule has 1 aromatic heterocycles. The topological polar surface area (TPSA) is 55.2 Å². The number of nitrogens with one attached hydrogen (secondary N) is 1. The van der Waals surface area contributed by atoms with Crippen molar-refractivity contribution in [1.82, 2.24) is 14.9 Å². The highest BCUT2D eigenvalue weighted by molar-refractivity contribution is 7.71. The Hall–Kier alpha value is -3.51. The predicted molar refractivity (Wildman–Crippen MR) is 114 cm³/mol. The van der Waals surface area contributed by atoms with Gasteiger partial charge in [0, 0.05) is 5.56 Å². The highest BCUT2D eigenvalue weighted by Gasteiger charge is 2.07. The first-order chi connectivity index (χ1) is 13.7. The number of hydrogen-bond donors (Lipinski definition) is 1. The van der Waals surface area contributed by atoms with Gasteiger partial charge in [-0.15, -0.1) is 0 Å². The zero-order chi connectivity index (χ0) is 19.3. The minimum absolute atomic E-state index is 0.434. The fraction of sp³-hybridized carbons (Fsp3) is 0.0455. The fourth-order valence-electron chi connectivity index (χ4n) is 2.70. The van der Waals surface area contributed by atoms with Crippen LogP contribution in [0.15, 0.2) is 84.0 Å². The predicted octanol–water partition coefficient (Wildman–Crippen LogP) is 5.59. The summed E-state index contributed by atoms with van der Waals surface area (Å²) in [5.74, 6) is 2.19. The third kappa shape index (κ3) is 4.07. The minimum atomic E-state index is 0.434. The smallest absolute Gasteiger partial charge is 0.216 e. The maximum Gasteiger partial charge on any atom is 0.216 e. The maximum atomic E-state index is 5.88. The number of aromatic nitrogens is 3. The Morgan fingerprint density at radius 1 is 0.964 bits per heavy atom. The van der Waals surface area contributed by atoms with Crippen LogP contribution >= 0.6 is 12.2 Å². The molecule has 1 heterocycles. The van der Waals surface area contributed by atoms with Gasteiger partial charge < -0.3 is 4.74 Å². The number of nitrogens with zero attached hydrogens (tertiary/aromatic N) is 3. The van der Waals surface area contributed by atoms with Crippen LogP contribution in [0.3, 0.4) is 0 Å². The molecule has 0 amide bonds. The van der Waals surface area contributed by atoms with Crippen molar-refractivity contribution in [3.63, 3.8) is 0 Å². The summed E-state index contributed by atoms with van der Waals surface area (Å²) in [6, 6.07) is 25.4. The molecule has 0 bridgehead atoms. The molecule has 0 spiro atoms. The van der Waals surface area contributed by atoms with E-state index in [1.807, 2.05) is 85.8 Å². The van der Waals surface area contributed by atoms with Crippen LogP contribution in [-0.4, -0.2) is 21.1 Å². The van der Waals surface area contributed by atoms with Gasteiger partial charge in [0.25, 0.3) is 0 Å². The van der Waals surface area contributed by atoms with Crippen molar-refractivity contribution in [3.8, 4) is 22.9 Å². The summed E-state index contributed by atoms with van der Waals surface area (Å²) in [7, 11) is 0. The molecule has 28 heavy (non-hydrogen) atoms. The Bertz CT molecular complexity index is 1160. The van der Waals surface area contributed by atoms with Gasteiger partial charge in [0.2, 0.25) is 4.77 Å². The van der Waals surface area contributed by atoms with E-state index in [2.05, 4.69) is 15.3 Å². The highest BCUT2D eigenvalue weighted by atomic mass is 32.1. The van der Waals surface area contributed by atoms with Crippen molar-refractivity contribution >= 4 is 18.4 Å². The van der Waals surface area contributed by atoms with Crippen LogP contribution in [0, 0.1) is 11.7 Å². The molecule has 0 aliphatic rings. The summed E-state index contributed by atoms with van der Waals surface area (Å²) in [6.45, 7) is 2.05. The average Bonchev–Trinajstić information content (AvgIpc) is 3.08. The molecule has 4 rings (SSSR count). The summed E-state index contributed by atoms with van der Waals surface area (Å²) in [5, 5.41) is 11.6. The highest BCUT2D eigenvalue weighted by Crippen LogP contribution is 2.22. The van der Waals surface area contributed by atoms with Gasteiger partial charge in [0.1, 0.15) is 11.5 Å². The van der Waals surface area contributed by atoms with E-state index >= 15 is 0 Å². The molecule has 1 N–H and O–H groups in total. The summed E-state index contributed by atoms with van der Waals surface area (Å²) >= 11 is 5.33.